The summed E-state index contributed by atoms with van der Waals surface area (Å²) in [5.74, 6) is 1.88. The van der Waals surface area contributed by atoms with Crippen molar-refractivity contribution in [2.24, 2.45) is 0 Å². The van der Waals surface area contributed by atoms with Gasteiger partial charge in [0.15, 0.2) is 0 Å². The number of ether oxygens (including phenoxy) is 1. The molecule has 0 amide bonds. The zero-order chi connectivity index (χ0) is 13.8. The van der Waals surface area contributed by atoms with Crippen LogP contribution in [0.2, 0.25) is 0 Å². The first-order chi connectivity index (χ1) is 9.19. The predicted molar refractivity (Wildman–Crippen MR) is 77.6 cm³/mol. The largest absolute Gasteiger partial charge is 0.496 e. The van der Waals surface area contributed by atoms with Crippen LogP contribution in [0.1, 0.15) is 23.8 Å². The normalized spacial score (nSPS) is 10.7. The number of benzene rings is 1. The molecule has 102 valence electrons. The van der Waals surface area contributed by atoms with Crippen molar-refractivity contribution in [3.05, 3.63) is 41.3 Å². The van der Waals surface area contributed by atoms with Crippen LogP contribution in [-0.4, -0.2) is 13.7 Å². The molecule has 0 fully saturated rings. The lowest BCUT2D eigenvalue weighted by Crippen LogP contribution is -2.11. The number of rotatable bonds is 5. The second-order valence-corrected chi connectivity index (χ2v) is 4.63. The van der Waals surface area contributed by atoms with Crippen LogP contribution in [0, 0.1) is 13.8 Å². The number of furan rings is 1. The molecular formula is C16H21NO2. The number of hydrogen-bond donors (Lipinski definition) is 1. The quantitative estimate of drug-likeness (QED) is 0.889. The van der Waals surface area contributed by atoms with Crippen LogP contribution in [-0.2, 0) is 6.54 Å². The third kappa shape index (κ3) is 2.66. The highest BCUT2D eigenvalue weighted by molar-refractivity contribution is 5.74. The maximum absolute atomic E-state index is 5.58. The number of nitrogens with one attached hydrogen (secondary N) is 1. The summed E-state index contributed by atoms with van der Waals surface area (Å²) in [5, 5.41) is 3.29. The first-order valence-electron chi connectivity index (χ1n) is 6.60. The summed E-state index contributed by atoms with van der Waals surface area (Å²) in [6, 6.07) is 6.22. The van der Waals surface area contributed by atoms with Gasteiger partial charge in [-0.15, -0.1) is 0 Å². The summed E-state index contributed by atoms with van der Waals surface area (Å²) in [5.41, 5.74) is 4.60. The van der Waals surface area contributed by atoms with E-state index >= 15 is 0 Å². The Balaban J connectivity index is 2.47. The van der Waals surface area contributed by atoms with Gasteiger partial charge in [-0.3, -0.25) is 0 Å². The third-order valence-electron chi connectivity index (χ3n) is 3.45. The van der Waals surface area contributed by atoms with Crippen molar-refractivity contribution >= 4 is 0 Å². The van der Waals surface area contributed by atoms with E-state index in [0.29, 0.717) is 0 Å². The summed E-state index contributed by atoms with van der Waals surface area (Å²) >= 11 is 0. The van der Waals surface area contributed by atoms with E-state index in [-0.39, 0.29) is 0 Å². The van der Waals surface area contributed by atoms with E-state index in [1.54, 1.807) is 13.4 Å². The van der Waals surface area contributed by atoms with Gasteiger partial charge in [0.05, 0.1) is 19.9 Å². The van der Waals surface area contributed by atoms with Gasteiger partial charge in [-0.1, -0.05) is 19.1 Å². The minimum atomic E-state index is 0.731. The molecule has 0 bridgehead atoms. The minimum absolute atomic E-state index is 0.731. The summed E-state index contributed by atoms with van der Waals surface area (Å²) in [7, 11) is 1.72. The molecule has 0 spiro atoms. The second-order valence-electron chi connectivity index (χ2n) is 4.63. The molecular weight excluding hydrogens is 238 g/mol. The topological polar surface area (TPSA) is 34.4 Å². The van der Waals surface area contributed by atoms with Gasteiger partial charge in [-0.25, -0.2) is 0 Å². The standard InChI is InChI=1S/C16H21NO2/c1-5-17-10-15-13(8-9-19-15)14-7-6-11(2)12(3)16(14)18-4/h6-9,17H,5,10H2,1-4H3. The highest BCUT2D eigenvalue weighted by atomic mass is 16.5. The molecule has 0 aliphatic carbocycles. The molecule has 1 aromatic carbocycles. The summed E-state index contributed by atoms with van der Waals surface area (Å²) in [4.78, 5) is 0. The molecule has 0 atom stereocenters. The monoisotopic (exact) mass is 259 g/mol. The van der Waals surface area contributed by atoms with Crippen LogP contribution in [0.3, 0.4) is 0 Å². The van der Waals surface area contributed by atoms with Crippen molar-refractivity contribution in [2.45, 2.75) is 27.3 Å². The van der Waals surface area contributed by atoms with E-state index in [9.17, 15) is 0 Å². The van der Waals surface area contributed by atoms with E-state index in [4.69, 9.17) is 9.15 Å². The molecule has 2 rings (SSSR count). The molecule has 3 heteroatoms. The molecule has 0 unspecified atom stereocenters. The van der Waals surface area contributed by atoms with Crippen LogP contribution in [0.25, 0.3) is 11.1 Å². The molecule has 1 heterocycles. The van der Waals surface area contributed by atoms with Crippen LogP contribution in [0.4, 0.5) is 0 Å². The van der Waals surface area contributed by atoms with Crippen LogP contribution in [0.15, 0.2) is 28.9 Å². The van der Waals surface area contributed by atoms with Gasteiger partial charge in [-0.05, 0) is 37.6 Å². The average molecular weight is 259 g/mol. The lowest BCUT2D eigenvalue weighted by Gasteiger charge is -2.13. The molecule has 1 N–H and O–H groups in total. The number of methoxy groups -OCH3 is 1. The van der Waals surface area contributed by atoms with Crippen molar-refractivity contribution in [3.63, 3.8) is 0 Å². The van der Waals surface area contributed by atoms with Crippen molar-refractivity contribution in [2.75, 3.05) is 13.7 Å². The van der Waals surface area contributed by atoms with Gasteiger partial charge < -0.3 is 14.5 Å². The van der Waals surface area contributed by atoms with E-state index in [1.165, 1.54) is 11.1 Å². The molecule has 0 saturated carbocycles. The molecule has 0 aliphatic rings. The Bertz CT molecular complexity index is 558. The molecule has 0 saturated heterocycles. The van der Waals surface area contributed by atoms with Gasteiger partial charge in [0.1, 0.15) is 11.5 Å². The lowest BCUT2D eigenvalue weighted by atomic mass is 9.99. The van der Waals surface area contributed by atoms with Crippen LogP contribution in [0.5, 0.6) is 5.75 Å². The third-order valence-corrected chi connectivity index (χ3v) is 3.45. The highest BCUT2D eigenvalue weighted by Gasteiger charge is 2.15. The summed E-state index contributed by atoms with van der Waals surface area (Å²) in [6.45, 7) is 7.91. The molecule has 3 nitrogen and oxygen atoms in total. The summed E-state index contributed by atoms with van der Waals surface area (Å²) in [6.07, 6.45) is 1.73. The minimum Gasteiger partial charge on any atom is -0.496 e. The Labute approximate surface area is 114 Å². The van der Waals surface area contributed by atoms with Crippen molar-refractivity contribution < 1.29 is 9.15 Å². The van der Waals surface area contributed by atoms with Gasteiger partial charge in [0.25, 0.3) is 0 Å². The van der Waals surface area contributed by atoms with E-state index in [0.717, 1.165) is 35.7 Å². The fourth-order valence-electron chi connectivity index (χ4n) is 2.22. The van der Waals surface area contributed by atoms with E-state index in [1.807, 2.05) is 6.07 Å². The zero-order valence-electron chi connectivity index (χ0n) is 12.0. The zero-order valence-corrected chi connectivity index (χ0v) is 12.0. The first-order valence-corrected chi connectivity index (χ1v) is 6.60. The van der Waals surface area contributed by atoms with Crippen LogP contribution >= 0.6 is 0 Å². The Hall–Kier alpha value is -1.74. The fourth-order valence-corrected chi connectivity index (χ4v) is 2.22. The van der Waals surface area contributed by atoms with Gasteiger partial charge in [-0.2, -0.15) is 0 Å². The second kappa shape index (κ2) is 5.93. The Kier molecular flexibility index (Phi) is 4.27. The fraction of sp³-hybridized carbons (Fsp3) is 0.375. The summed E-state index contributed by atoms with van der Waals surface area (Å²) < 4.78 is 11.2. The van der Waals surface area contributed by atoms with Gasteiger partial charge in [0.2, 0.25) is 0 Å². The maximum atomic E-state index is 5.58. The van der Waals surface area contributed by atoms with Gasteiger partial charge in [0, 0.05) is 11.1 Å². The maximum Gasteiger partial charge on any atom is 0.129 e. The Morgan fingerprint density at radius 2 is 1.95 bits per heavy atom. The molecule has 2 aromatic rings. The van der Waals surface area contributed by atoms with Crippen molar-refractivity contribution in [1.82, 2.24) is 5.32 Å². The van der Waals surface area contributed by atoms with Crippen LogP contribution < -0.4 is 10.1 Å². The Morgan fingerprint density at radius 3 is 2.63 bits per heavy atom. The highest BCUT2D eigenvalue weighted by Crippen LogP contribution is 2.36. The van der Waals surface area contributed by atoms with Gasteiger partial charge >= 0.3 is 0 Å². The predicted octanol–water partition coefficient (Wildman–Crippen LogP) is 3.68. The van der Waals surface area contributed by atoms with Crippen molar-refractivity contribution in [1.29, 1.82) is 0 Å². The SMILES string of the molecule is CCNCc1occc1-c1ccc(C)c(C)c1OC. The van der Waals surface area contributed by atoms with Crippen molar-refractivity contribution in [3.8, 4) is 16.9 Å². The molecule has 0 radical (unpaired) electrons. The first kappa shape index (κ1) is 13.7. The van der Waals surface area contributed by atoms with E-state index in [2.05, 4.69) is 38.2 Å². The number of aryl methyl sites for hydroxylation is 1. The number of hydrogen-bond acceptors (Lipinski definition) is 3. The average Bonchev–Trinajstić information content (AvgIpc) is 2.87. The molecule has 1 aromatic heterocycles. The van der Waals surface area contributed by atoms with E-state index < -0.39 is 0 Å². The molecule has 0 aliphatic heterocycles. The molecule has 19 heavy (non-hydrogen) atoms. The Morgan fingerprint density at radius 1 is 1.16 bits per heavy atom. The smallest absolute Gasteiger partial charge is 0.129 e. The lowest BCUT2D eigenvalue weighted by molar-refractivity contribution is 0.412.